The van der Waals surface area contributed by atoms with Gasteiger partial charge in [0.25, 0.3) is 5.56 Å². The van der Waals surface area contributed by atoms with Crippen molar-refractivity contribution in [1.82, 2.24) is 4.98 Å². The number of aromatic amines is 1. The van der Waals surface area contributed by atoms with Crippen molar-refractivity contribution in [2.24, 2.45) is 23.0 Å². The van der Waals surface area contributed by atoms with Crippen LogP contribution in [-0.4, -0.2) is 17.6 Å². The molecular weight excluding hydrogens is 384 g/mol. The van der Waals surface area contributed by atoms with Crippen molar-refractivity contribution in [3.8, 4) is 5.75 Å². The van der Waals surface area contributed by atoms with Crippen LogP contribution in [0.15, 0.2) is 29.2 Å². The normalized spacial score (nSPS) is 23.4. The van der Waals surface area contributed by atoms with Crippen molar-refractivity contribution in [3.05, 3.63) is 39.8 Å². The van der Waals surface area contributed by atoms with Crippen LogP contribution >= 0.6 is 11.6 Å². The molecule has 1 aliphatic carbocycles. The number of nitrogens with one attached hydrogen (secondary N) is 1. The van der Waals surface area contributed by atoms with Crippen LogP contribution in [0.25, 0.3) is 10.8 Å². The Morgan fingerprint density at radius 2 is 2.03 bits per heavy atom. The number of pyridine rings is 1. The first kappa shape index (κ1) is 22.2. The monoisotopic (exact) mass is 418 g/mol. The van der Waals surface area contributed by atoms with E-state index in [9.17, 15) is 4.79 Å². The van der Waals surface area contributed by atoms with E-state index in [1.165, 1.54) is 25.7 Å². The second kappa shape index (κ2) is 9.53. The Balaban J connectivity index is 1.72. The molecule has 2 aromatic rings. The number of rotatable bonds is 8. The Kier molecular flexibility index (Phi) is 7.28. The maximum atomic E-state index is 12.0. The molecule has 3 rings (SSSR count). The van der Waals surface area contributed by atoms with E-state index in [1.807, 2.05) is 12.1 Å². The van der Waals surface area contributed by atoms with Crippen molar-refractivity contribution in [1.29, 1.82) is 0 Å². The minimum Gasteiger partial charge on any atom is -0.489 e. The van der Waals surface area contributed by atoms with Crippen LogP contribution in [0.2, 0.25) is 5.02 Å². The average Bonchev–Trinajstić information content (AvgIpc) is 2.69. The van der Waals surface area contributed by atoms with Crippen molar-refractivity contribution in [3.63, 3.8) is 0 Å². The van der Waals surface area contributed by atoms with Gasteiger partial charge in [-0.3, -0.25) is 4.79 Å². The predicted molar refractivity (Wildman–Crippen MR) is 122 cm³/mol. The molecule has 0 bridgehead atoms. The molecule has 0 radical (unpaired) electrons. The van der Waals surface area contributed by atoms with Gasteiger partial charge in [-0.25, -0.2) is 0 Å². The predicted octanol–water partition coefficient (Wildman–Crippen LogP) is 5.91. The van der Waals surface area contributed by atoms with Crippen LogP contribution < -0.4 is 16.0 Å². The lowest BCUT2D eigenvalue weighted by molar-refractivity contribution is 0.0212. The van der Waals surface area contributed by atoms with E-state index in [-0.39, 0.29) is 11.7 Å². The number of nitrogens with two attached hydrogens (primary N) is 1. The molecule has 0 amide bonds. The Morgan fingerprint density at radius 3 is 2.66 bits per heavy atom. The second-order valence-corrected chi connectivity index (χ2v) is 9.52. The van der Waals surface area contributed by atoms with E-state index < -0.39 is 0 Å². The fourth-order valence-electron chi connectivity index (χ4n) is 5.24. The van der Waals surface area contributed by atoms with Crippen LogP contribution in [-0.2, 0) is 0 Å². The van der Waals surface area contributed by atoms with Gasteiger partial charge in [-0.1, -0.05) is 38.8 Å². The van der Waals surface area contributed by atoms with Crippen molar-refractivity contribution in [2.75, 3.05) is 6.54 Å². The van der Waals surface area contributed by atoms with Crippen LogP contribution in [0.4, 0.5) is 0 Å². The van der Waals surface area contributed by atoms with Gasteiger partial charge in [-0.2, -0.15) is 0 Å². The summed E-state index contributed by atoms with van der Waals surface area (Å²) in [5, 5.41) is 1.95. The lowest BCUT2D eigenvalue weighted by Crippen LogP contribution is -2.39. The molecule has 5 heteroatoms. The van der Waals surface area contributed by atoms with Crippen molar-refractivity contribution < 1.29 is 4.74 Å². The molecule has 1 aromatic carbocycles. The molecular formula is C24H35ClN2O2. The highest BCUT2D eigenvalue weighted by molar-refractivity contribution is 6.32. The lowest BCUT2D eigenvalue weighted by atomic mass is 9.61. The summed E-state index contributed by atoms with van der Waals surface area (Å²) in [6, 6.07) is 5.49. The minimum atomic E-state index is -0.127. The largest absolute Gasteiger partial charge is 0.489 e. The number of benzene rings is 1. The molecule has 0 unspecified atom stereocenters. The highest BCUT2D eigenvalue weighted by Crippen LogP contribution is 2.49. The Hall–Kier alpha value is -1.52. The first-order valence-electron chi connectivity index (χ1n) is 11.1. The summed E-state index contributed by atoms with van der Waals surface area (Å²) in [7, 11) is 0. The van der Waals surface area contributed by atoms with Gasteiger partial charge in [0, 0.05) is 11.6 Å². The summed E-state index contributed by atoms with van der Waals surface area (Å²) in [6.45, 7) is 7.73. The number of fused-ring (bicyclic) bond motifs is 1. The number of ether oxygens (including phenoxy) is 1. The average molecular weight is 419 g/mol. The Labute approximate surface area is 179 Å². The molecule has 3 N–H and O–H groups in total. The third-order valence-electron chi connectivity index (χ3n) is 6.89. The highest BCUT2D eigenvalue weighted by atomic mass is 35.5. The molecule has 1 heterocycles. The number of hydrogen-bond acceptors (Lipinski definition) is 3. The van der Waals surface area contributed by atoms with Gasteiger partial charge in [0.05, 0.1) is 11.1 Å². The smallest absolute Gasteiger partial charge is 0.255 e. The van der Waals surface area contributed by atoms with Crippen molar-refractivity contribution >= 4 is 22.4 Å². The molecule has 1 saturated carbocycles. The molecule has 0 spiro atoms. The summed E-state index contributed by atoms with van der Waals surface area (Å²) in [5.41, 5.74) is 6.22. The Morgan fingerprint density at radius 1 is 1.31 bits per heavy atom. The van der Waals surface area contributed by atoms with Gasteiger partial charge in [-0.05, 0) is 85.9 Å². The van der Waals surface area contributed by atoms with E-state index >= 15 is 0 Å². The van der Waals surface area contributed by atoms with Crippen LogP contribution in [0.3, 0.4) is 0 Å². The fourth-order valence-corrected chi connectivity index (χ4v) is 5.45. The number of halogens is 1. The van der Waals surface area contributed by atoms with E-state index in [0.29, 0.717) is 33.4 Å². The zero-order valence-electron chi connectivity index (χ0n) is 18.0. The SMILES string of the molecule is CC[C@]1([C@@H](CCN)CC(C)C)CC[C@@H](Oc2cc3cc[nH]c(=O)c3cc2Cl)CC1. The minimum absolute atomic E-state index is 0.127. The topological polar surface area (TPSA) is 68.1 Å². The first-order chi connectivity index (χ1) is 13.9. The molecule has 4 nitrogen and oxygen atoms in total. The molecule has 0 saturated heterocycles. The van der Waals surface area contributed by atoms with Crippen LogP contribution in [0.5, 0.6) is 5.75 Å². The molecule has 29 heavy (non-hydrogen) atoms. The molecule has 160 valence electrons. The summed E-state index contributed by atoms with van der Waals surface area (Å²) in [5.74, 6) is 2.07. The van der Waals surface area contributed by atoms with Gasteiger partial charge >= 0.3 is 0 Å². The van der Waals surface area contributed by atoms with Crippen molar-refractivity contribution in [2.45, 2.75) is 71.8 Å². The van der Waals surface area contributed by atoms with E-state index in [1.54, 1.807) is 12.3 Å². The summed E-state index contributed by atoms with van der Waals surface area (Å²) in [6.07, 6.45) is 9.83. The van der Waals surface area contributed by atoms with Gasteiger partial charge in [0.2, 0.25) is 0 Å². The maximum Gasteiger partial charge on any atom is 0.255 e. The summed E-state index contributed by atoms with van der Waals surface area (Å²) in [4.78, 5) is 14.7. The third kappa shape index (κ3) is 4.97. The zero-order valence-corrected chi connectivity index (χ0v) is 18.7. The van der Waals surface area contributed by atoms with E-state index in [4.69, 9.17) is 22.1 Å². The molecule has 1 fully saturated rings. The van der Waals surface area contributed by atoms with Gasteiger partial charge in [0.15, 0.2) is 0 Å². The lowest BCUT2D eigenvalue weighted by Gasteiger charge is -2.46. The van der Waals surface area contributed by atoms with E-state index in [2.05, 4.69) is 25.8 Å². The standard InChI is InChI=1S/C24H35ClN2O2/c1-4-24(18(7-11-26)13-16(2)3)9-5-19(6-10-24)29-22-14-17-8-12-27-23(28)20(17)15-21(22)25/h8,12,14-16,18-19H,4-7,9-11,13,26H2,1-3H3,(H,27,28)/t18-,19-,24+/m0/s1. The number of aromatic nitrogens is 1. The number of hydrogen-bond donors (Lipinski definition) is 2. The third-order valence-corrected chi connectivity index (χ3v) is 7.18. The molecule has 1 atom stereocenters. The summed E-state index contributed by atoms with van der Waals surface area (Å²) < 4.78 is 6.32. The van der Waals surface area contributed by atoms with Gasteiger partial charge in [0.1, 0.15) is 5.75 Å². The van der Waals surface area contributed by atoms with Gasteiger partial charge < -0.3 is 15.5 Å². The second-order valence-electron chi connectivity index (χ2n) is 9.11. The highest BCUT2D eigenvalue weighted by Gasteiger charge is 2.40. The molecule has 0 aliphatic heterocycles. The summed E-state index contributed by atoms with van der Waals surface area (Å²) >= 11 is 6.44. The first-order valence-corrected chi connectivity index (χ1v) is 11.4. The number of H-pyrrole nitrogens is 1. The van der Waals surface area contributed by atoms with Crippen LogP contribution in [0, 0.1) is 17.3 Å². The molecule has 1 aromatic heterocycles. The fraction of sp³-hybridized carbons (Fsp3) is 0.625. The maximum absolute atomic E-state index is 12.0. The van der Waals surface area contributed by atoms with Crippen LogP contribution in [0.1, 0.15) is 65.7 Å². The Bertz CT molecular complexity index is 869. The van der Waals surface area contributed by atoms with Gasteiger partial charge in [-0.15, -0.1) is 0 Å². The zero-order chi connectivity index (χ0) is 21.0. The molecule has 1 aliphatic rings. The quantitative estimate of drug-likeness (QED) is 0.559. The van der Waals surface area contributed by atoms with E-state index in [0.717, 1.165) is 31.2 Å².